The smallest absolute Gasteiger partial charge is 0.312 e. The van der Waals surface area contributed by atoms with Gasteiger partial charge >= 0.3 is 5.97 Å². The summed E-state index contributed by atoms with van der Waals surface area (Å²) in [6.45, 7) is 2.64. The summed E-state index contributed by atoms with van der Waals surface area (Å²) in [6, 6.07) is 3.53. The van der Waals surface area contributed by atoms with Gasteiger partial charge in [-0.25, -0.2) is 4.98 Å². The Morgan fingerprint density at radius 1 is 1.50 bits per heavy atom. The van der Waals surface area contributed by atoms with Crippen LogP contribution in [0.5, 0.6) is 5.75 Å². The first-order chi connectivity index (χ1) is 10.6. The van der Waals surface area contributed by atoms with Gasteiger partial charge in [-0.1, -0.05) is 11.6 Å². The molecule has 2 aromatic rings. The highest BCUT2D eigenvalue weighted by atomic mass is 35.5. The summed E-state index contributed by atoms with van der Waals surface area (Å²) < 4.78 is 16.0. The zero-order valence-electron chi connectivity index (χ0n) is 11.9. The number of carbonyl (C=O) groups is 1. The zero-order valence-corrected chi connectivity index (χ0v) is 13.5. The number of hydrogen-bond donors (Lipinski definition) is 0. The van der Waals surface area contributed by atoms with E-state index in [2.05, 4.69) is 4.98 Å². The van der Waals surface area contributed by atoms with Crippen LogP contribution in [0.2, 0.25) is 5.02 Å². The molecule has 1 aromatic heterocycles. The largest absolute Gasteiger partial charge is 0.467 e. The van der Waals surface area contributed by atoms with Crippen molar-refractivity contribution in [3.05, 3.63) is 44.4 Å². The summed E-state index contributed by atoms with van der Waals surface area (Å²) in [5.74, 6) is 0.360. The summed E-state index contributed by atoms with van der Waals surface area (Å²) in [7, 11) is 0. The normalized spacial score (nSPS) is 13.4. The molecule has 0 amide bonds. The van der Waals surface area contributed by atoms with E-state index in [0.29, 0.717) is 17.4 Å². The van der Waals surface area contributed by atoms with Crippen LogP contribution in [0.1, 0.15) is 21.8 Å². The van der Waals surface area contributed by atoms with Gasteiger partial charge in [0.1, 0.15) is 12.4 Å². The lowest BCUT2D eigenvalue weighted by Gasteiger charge is -2.21. The number of benzene rings is 1. The number of esters is 1. The maximum atomic E-state index is 11.9. The summed E-state index contributed by atoms with van der Waals surface area (Å²) in [5.41, 5.74) is 2.33. The third kappa shape index (κ3) is 3.58. The Kier molecular flexibility index (Phi) is 4.61. The SMILES string of the molecule is Cc1nc(CC(=O)OCc2cc(Cl)cc3c2OCOC3)cs1. The van der Waals surface area contributed by atoms with E-state index >= 15 is 0 Å². The summed E-state index contributed by atoms with van der Waals surface area (Å²) in [4.78, 5) is 16.1. The molecule has 1 aliphatic rings. The lowest BCUT2D eigenvalue weighted by molar-refractivity contribution is -0.144. The minimum Gasteiger partial charge on any atom is -0.467 e. The minimum atomic E-state index is -0.328. The van der Waals surface area contributed by atoms with Crippen LogP contribution in [0, 0.1) is 6.92 Å². The predicted molar refractivity (Wildman–Crippen MR) is 82.1 cm³/mol. The average molecular weight is 340 g/mol. The predicted octanol–water partition coefficient (Wildman–Crippen LogP) is 3.26. The van der Waals surface area contributed by atoms with Gasteiger partial charge in [0, 0.05) is 21.5 Å². The molecule has 0 N–H and O–H groups in total. The van der Waals surface area contributed by atoms with Crippen molar-refractivity contribution in [2.45, 2.75) is 26.6 Å². The van der Waals surface area contributed by atoms with E-state index in [1.807, 2.05) is 12.3 Å². The highest BCUT2D eigenvalue weighted by Gasteiger charge is 2.18. The second kappa shape index (κ2) is 6.64. The Morgan fingerprint density at radius 2 is 2.36 bits per heavy atom. The number of nitrogens with zero attached hydrogens (tertiary/aromatic N) is 1. The number of fused-ring (bicyclic) bond motifs is 1. The molecular weight excluding hydrogens is 326 g/mol. The number of aryl methyl sites for hydroxylation is 1. The number of rotatable bonds is 4. The van der Waals surface area contributed by atoms with Crippen molar-refractivity contribution in [2.24, 2.45) is 0 Å². The Hall–Kier alpha value is -1.63. The first-order valence-electron chi connectivity index (χ1n) is 6.70. The van der Waals surface area contributed by atoms with Gasteiger partial charge in [0.05, 0.1) is 23.7 Å². The van der Waals surface area contributed by atoms with E-state index in [0.717, 1.165) is 21.8 Å². The quantitative estimate of drug-likeness (QED) is 0.800. The molecule has 7 heteroatoms. The van der Waals surface area contributed by atoms with Crippen molar-refractivity contribution in [3.63, 3.8) is 0 Å². The Labute approximate surface area is 136 Å². The van der Waals surface area contributed by atoms with Gasteiger partial charge in [-0.2, -0.15) is 0 Å². The van der Waals surface area contributed by atoms with Gasteiger partial charge in [-0.3, -0.25) is 4.79 Å². The molecule has 0 aliphatic carbocycles. The fourth-order valence-electron chi connectivity index (χ4n) is 2.21. The Balaban J connectivity index is 1.66. The topological polar surface area (TPSA) is 57.7 Å². The van der Waals surface area contributed by atoms with Crippen LogP contribution in [0.4, 0.5) is 0 Å². The molecule has 1 aliphatic heterocycles. The van der Waals surface area contributed by atoms with Crippen LogP contribution in [-0.2, 0) is 33.9 Å². The van der Waals surface area contributed by atoms with E-state index in [1.54, 1.807) is 12.1 Å². The number of thiazole rings is 1. The first kappa shape index (κ1) is 15.3. The molecule has 0 spiro atoms. The van der Waals surface area contributed by atoms with Crippen molar-refractivity contribution in [2.75, 3.05) is 6.79 Å². The van der Waals surface area contributed by atoms with Gasteiger partial charge in [-0.15, -0.1) is 11.3 Å². The van der Waals surface area contributed by atoms with Crippen molar-refractivity contribution in [3.8, 4) is 5.75 Å². The fourth-order valence-corrected chi connectivity index (χ4v) is 3.09. The molecule has 2 heterocycles. The van der Waals surface area contributed by atoms with Crippen LogP contribution < -0.4 is 4.74 Å². The Morgan fingerprint density at radius 3 is 3.14 bits per heavy atom. The van der Waals surface area contributed by atoms with Crippen molar-refractivity contribution in [1.82, 2.24) is 4.98 Å². The van der Waals surface area contributed by atoms with Gasteiger partial charge in [0.25, 0.3) is 0 Å². The molecule has 0 unspecified atom stereocenters. The number of aromatic nitrogens is 1. The maximum Gasteiger partial charge on any atom is 0.312 e. The average Bonchev–Trinajstić information content (AvgIpc) is 2.89. The van der Waals surface area contributed by atoms with E-state index in [-0.39, 0.29) is 25.8 Å². The molecule has 5 nitrogen and oxygen atoms in total. The van der Waals surface area contributed by atoms with Crippen LogP contribution in [0.3, 0.4) is 0 Å². The van der Waals surface area contributed by atoms with Crippen LogP contribution in [0.15, 0.2) is 17.5 Å². The van der Waals surface area contributed by atoms with Crippen molar-refractivity contribution in [1.29, 1.82) is 0 Å². The molecule has 0 atom stereocenters. The molecule has 22 heavy (non-hydrogen) atoms. The number of hydrogen-bond acceptors (Lipinski definition) is 6. The second-order valence-corrected chi connectivity index (χ2v) is 6.36. The third-order valence-corrected chi connectivity index (χ3v) is 4.17. The zero-order chi connectivity index (χ0) is 15.5. The van der Waals surface area contributed by atoms with Gasteiger partial charge < -0.3 is 14.2 Å². The lowest BCUT2D eigenvalue weighted by Crippen LogP contribution is -2.15. The monoisotopic (exact) mass is 339 g/mol. The highest BCUT2D eigenvalue weighted by Crippen LogP contribution is 2.32. The third-order valence-electron chi connectivity index (χ3n) is 3.13. The lowest BCUT2D eigenvalue weighted by atomic mass is 10.1. The van der Waals surface area contributed by atoms with E-state index in [1.165, 1.54) is 11.3 Å². The Bertz CT molecular complexity index is 701. The molecule has 0 bridgehead atoms. The van der Waals surface area contributed by atoms with Crippen LogP contribution >= 0.6 is 22.9 Å². The molecule has 0 fully saturated rings. The standard InChI is InChI=1S/C15H14ClNO4S/c1-9-17-13(7-22-9)4-14(18)20-6-11-3-12(16)2-10-5-19-8-21-15(10)11/h2-3,7H,4-6,8H2,1H3. The highest BCUT2D eigenvalue weighted by molar-refractivity contribution is 7.09. The molecule has 0 radical (unpaired) electrons. The molecule has 0 saturated carbocycles. The molecule has 0 saturated heterocycles. The fraction of sp³-hybridized carbons (Fsp3) is 0.333. The number of ether oxygens (including phenoxy) is 3. The van der Waals surface area contributed by atoms with Gasteiger partial charge in [-0.05, 0) is 19.1 Å². The summed E-state index contributed by atoms with van der Waals surface area (Å²) in [5, 5.41) is 3.35. The number of carbonyl (C=O) groups excluding carboxylic acids is 1. The van der Waals surface area contributed by atoms with Gasteiger partial charge in [0.15, 0.2) is 6.79 Å². The molecule has 3 rings (SSSR count). The molecule has 116 valence electrons. The maximum absolute atomic E-state index is 11.9. The van der Waals surface area contributed by atoms with E-state index in [9.17, 15) is 4.79 Å². The summed E-state index contributed by atoms with van der Waals surface area (Å²) >= 11 is 7.58. The van der Waals surface area contributed by atoms with Crippen LogP contribution in [0.25, 0.3) is 0 Å². The number of halogens is 1. The molecule has 1 aromatic carbocycles. The molecular formula is C15H14ClNO4S. The van der Waals surface area contributed by atoms with Crippen molar-refractivity contribution >= 4 is 28.9 Å². The summed E-state index contributed by atoms with van der Waals surface area (Å²) in [6.07, 6.45) is 0.164. The minimum absolute atomic E-state index is 0.116. The van der Waals surface area contributed by atoms with Crippen LogP contribution in [-0.4, -0.2) is 17.7 Å². The second-order valence-electron chi connectivity index (χ2n) is 4.86. The van der Waals surface area contributed by atoms with Crippen molar-refractivity contribution < 1.29 is 19.0 Å². The first-order valence-corrected chi connectivity index (χ1v) is 7.96. The van der Waals surface area contributed by atoms with E-state index in [4.69, 9.17) is 25.8 Å². The van der Waals surface area contributed by atoms with E-state index < -0.39 is 0 Å². The van der Waals surface area contributed by atoms with Gasteiger partial charge in [0.2, 0.25) is 0 Å².